The van der Waals surface area contributed by atoms with Gasteiger partial charge in [0.25, 0.3) is 0 Å². The Morgan fingerprint density at radius 3 is 2.22 bits per heavy atom. The van der Waals surface area contributed by atoms with Gasteiger partial charge in [-0.25, -0.2) is 0 Å². The van der Waals surface area contributed by atoms with E-state index in [2.05, 4.69) is 4.90 Å². The summed E-state index contributed by atoms with van der Waals surface area (Å²) in [5.41, 5.74) is 0. The van der Waals surface area contributed by atoms with Gasteiger partial charge in [0, 0.05) is 38.4 Å². The van der Waals surface area contributed by atoms with Crippen molar-refractivity contribution in [3.63, 3.8) is 0 Å². The average Bonchev–Trinajstić information content (AvgIpc) is 2.59. The maximum absolute atomic E-state index is 12.2. The van der Waals surface area contributed by atoms with Gasteiger partial charge in [0.2, 0.25) is 11.8 Å². The third-order valence-electron chi connectivity index (χ3n) is 4.58. The summed E-state index contributed by atoms with van der Waals surface area (Å²) in [6.07, 6.45) is 4.24. The molecule has 3 atom stereocenters. The van der Waals surface area contributed by atoms with Crippen molar-refractivity contribution in [1.29, 1.82) is 0 Å². The van der Waals surface area contributed by atoms with Crippen LogP contribution < -0.4 is 0 Å². The number of hydrogen-bond acceptors (Lipinski definition) is 4. The number of rotatable bonds is 1. The van der Waals surface area contributed by atoms with Crippen LogP contribution in [0.1, 0.15) is 38.5 Å². The van der Waals surface area contributed by atoms with Crippen LogP contribution in [-0.4, -0.2) is 52.6 Å². The van der Waals surface area contributed by atoms with Gasteiger partial charge in [-0.05, 0) is 19.3 Å². The molecule has 0 aromatic carbocycles. The third kappa shape index (κ3) is 1.68. The molecule has 5 heteroatoms. The Balaban J connectivity index is 1.81. The van der Waals surface area contributed by atoms with E-state index in [4.69, 9.17) is 0 Å². The lowest BCUT2D eigenvalue weighted by Crippen LogP contribution is -2.58. The molecule has 3 unspecified atom stereocenters. The van der Waals surface area contributed by atoms with E-state index in [-0.39, 0.29) is 29.9 Å². The van der Waals surface area contributed by atoms with E-state index >= 15 is 0 Å². The van der Waals surface area contributed by atoms with E-state index in [1.165, 1.54) is 4.90 Å². The molecule has 3 aliphatic rings. The first-order valence-electron chi connectivity index (χ1n) is 6.67. The zero-order valence-electron chi connectivity index (χ0n) is 10.6. The molecule has 3 rings (SSSR count). The number of imide groups is 1. The number of hydrogen-bond donors (Lipinski definition) is 0. The molecule has 0 aromatic heterocycles. The molecule has 2 amide bonds. The summed E-state index contributed by atoms with van der Waals surface area (Å²) in [7, 11) is 1.56. The molecule has 3 fully saturated rings. The highest BCUT2D eigenvalue weighted by Crippen LogP contribution is 2.37. The maximum Gasteiger partial charge on any atom is 0.246 e. The topological polar surface area (TPSA) is 57.7 Å². The molecule has 18 heavy (non-hydrogen) atoms. The summed E-state index contributed by atoms with van der Waals surface area (Å²) in [6, 6.07) is 0.275. The highest BCUT2D eigenvalue weighted by molar-refractivity contribution is 6.00. The molecule has 0 spiro atoms. The SMILES string of the molecule is CN1C(=O)CCC(N2C3CCC2CC(=O)C3)C1=O. The number of carbonyl (C=O) groups is 3. The fraction of sp³-hybridized carbons (Fsp3) is 0.769. The molecule has 5 nitrogen and oxygen atoms in total. The van der Waals surface area contributed by atoms with Gasteiger partial charge in [-0.3, -0.25) is 24.2 Å². The quantitative estimate of drug-likeness (QED) is 0.629. The number of likely N-dealkylation sites (tertiary alicyclic amines) is 1. The fourth-order valence-corrected chi connectivity index (χ4v) is 3.69. The third-order valence-corrected chi connectivity index (χ3v) is 4.58. The van der Waals surface area contributed by atoms with Crippen LogP contribution in [0, 0.1) is 0 Å². The van der Waals surface area contributed by atoms with E-state index in [0.717, 1.165) is 12.8 Å². The van der Waals surface area contributed by atoms with E-state index in [1.54, 1.807) is 7.05 Å². The maximum atomic E-state index is 12.2. The second-order valence-electron chi connectivity index (χ2n) is 5.62. The van der Waals surface area contributed by atoms with E-state index in [9.17, 15) is 14.4 Å². The van der Waals surface area contributed by atoms with E-state index in [0.29, 0.717) is 31.5 Å². The highest BCUT2D eigenvalue weighted by Gasteiger charge is 2.47. The van der Waals surface area contributed by atoms with Crippen molar-refractivity contribution in [2.75, 3.05) is 7.05 Å². The zero-order chi connectivity index (χ0) is 12.9. The number of ketones is 1. The number of nitrogens with zero attached hydrogens (tertiary/aromatic N) is 2. The summed E-state index contributed by atoms with van der Waals surface area (Å²) in [5, 5.41) is 0. The molecule has 0 aromatic rings. The number of carbonyl (C=O) groups excluding carboxylic acids is 3. The minimum atomic E-state index is -0.182. The van der Waals surface area contributed by atoms with Crippen LogP contribution in [0.4, 0.5) is 0 Å². The molecule has 3 aliphatic heterocycles. The Morgan fingerprint density at radius 2 is 1.61 bits per heavy atom. The standard InChI is InChI=1S/C13H18N2O3/c1-14-12(17)5-4-11(13(14)18)15-8-2-3-9(15)7-10(16)6-8/h8-9,11H,2-7H2,1H3. The molecule has 98 valence electrons. The van der Waals surface area contributed by atoms with Crippen LogP contribution in [-0.2, 0) is 14.4 Å². The summed E-state index contributed by atoms with van der Waals surface area (Å²) in [5.74, 6) is 0.153. The summed E-state index contributed by atoms with van der Waals surface area (Å²) >= 11 is 0. The van der Waals surface area contributed by atoms with Gasteiger partial charge in [-0.1, -0.05) is 0 Å². The van der Waals surface area contributed by atoms with Crippen molar-refractivity contribution >= 4 is 17.6 Å². The second kappa shape index (κ2) is 4.16. The normalized spacial score (nSPS) is 37.5. The molecule has 0 saturated carbocycles. The summed E-state index contributed by atoms with van der Waals surface area (Å²) in [6.45, 7) is 0. The van der Waals surface area contributed by atoms with E-state index < -0.39 is 0 Å². The number of amides is 2. The van der Waals surface area contributed by atoms with Gasteiger partial charge in [0.1, 0.15) is 5.78 Å². The Hall–Kier alpha value is -1.23. The second-order valence-corrected chi connectivity index (χ2v) is 5.62. The molecular formula is C13H18N2O3. The first-order chi connectivity index (χ1) is 8.58. The first-order valence-corrected chi connectivity index (χ1v) is 6.67. The monoisotopic (exact) mass is 250 g/mol. The molecule has 3 heterocycles. The summed E-state index contributed by atoms with van der Waals surface area (Å²) < 4.78 is 0. The lowest BCUT2D eigenvalue weighted by molar-refractivity contribution is -0.153. The van der Waals surface area contributed by atoms with Crippen molar-refractivity contribution in [2.45, 2.75) is 56.7 Å². The van der Waals surface area contributed by atoms with Crippen LogP contribution in [0.2, 0.25) is 0 Å². The smallest absolute Gasteiger partial charge is 0.246 e. The molecule has 3 saturated heterocycles. The fourth-order valence-electron chi connectivity index (χ4n) is 3.69. The lowest BCUT2D eigenvalue weighted by atomic mass is 9.94. The Bertz CT molecular complexity index is 404. The average molecular weight is 250 g/mol. The largest absolute Gasteiger partial charge is 0.300 e. The van der Waals surface area contributed by atoms with Gasteiger partial charge >= 0.3 is 0 Å². The van der Waals surface area contributed by atoms with Gasteiger partial charge in [-0.15, -0.1) is 0 Å². The van der Waals surface area contributed by atoms with E-state index in [1.807, 2.05) is 0 Å². The Morgan fingerprint density at radius 1 is 1.00 bits per heavy atom. The van der Waals surface area contributed by atoms with Crippen LogP contribution in [0.3, 0.4) is 0 Å². The van der Waals surface area contributed by atoms with Gasteiger partial charge in [-0.2, -0.15) is 0 Å². The van der Waals surface area contributed by atoms with Crippen LogP contribution >= 0.6 is 0 Å². The van der Waals surface area contributed by atoms with Crippen LogP contribution in [0.5, 0.6) is 0 Å². The molecule has 0 radical (unpaired) electrons. The number of Topliss-reactive ketones (excluding diaryl/α,β-unsaturated/α-hetero) is 1. The zero-order valence-corrected chi connectivity index (χ0v) is 10.6. The molecule has 2 bridgehead atoms. The van der Waals surface area contributed by atoms with Crippen LogP contribution in [0.25, 0.3) is 0 Å². The van der Waals surface area contributed by atoms with Crippen molar-refractivity contribution in [2.24, 2.45) is 0 Å². The van der Waals surface area contributed by atoms with Gasteiger partial charge in [0.05, 0.1) is 6.04 Å². The molecular weight excluding hydrogens is 232 g/mol. The first kappa shape index (κ1) is 11.8. The van der Waals surface area contributed by atoms with Gasteiger partial charge < -0.3 is 0 Å². The number of piperidine rings is 2. The Kier molecular flexibility index (Phi) is 2.73. The minimum absolute atomic E-state index is 0.0856. The highest BCUT2D eigenvalue weighted by atomic mass is 16.2. The van der Waals surface area contributed by atoms with Crippen molar-refractivity contribution < 1.29 is 14.4 Å². The number of fused-ring (bicyclic) bond motifs is 2. The lowest BCUT2D eigenvalue weighted by Gasteiger charge is -2.42. The molecule has 0 aliphatic carbocycles. The predicted molar refractivity (Wildman–Crippen MR) is 63.7 cm³/mol. The van der Waals surface area contributed by atoms with Gasteiger partial charge in [0.15, 0.2) is 0 Å². The van der Waals surface area contributed by atoms with Crippen molar-refractivity contribution in [3.8, 4) is 0 Å². The predicted octanol–water partition coefficient (Wildman–Crippen LogP) is 0.330. The Labute approximate surface area is 106 Å². The number of likely N-dealkylation sites (N-methyl/N-ethyl adjacent to an activating group) is 1. The van der Waals surface area contributed by atoms with Crippen molar-refractivity contribution in [1.82, 2.24) is 9.80 Å². The van der Waals surface area contributed by atoms with Crippen LogP contribution in [0.15, 0.2) is 0 Å². The molecule has 0 N–H and O–H groups in total. The minimum Gasteiger partial charge on any atom is -0.300 e. The van der Waals surface area contributed by atoms with Crippen molar-refractivity contribution in [3.05, 3.63) is 0 Å². The summed E-state index contributed by atoms with van der Waals surface area (Å²) in [4.78, 5) is 38.8.